The molecule has 0 saturated carbocycles. The normalized spacial score (nSPS) is 11.3. The van der Waals surface area contributed by atoms with E-state index in [9.17, 15) is 0 Å². The SMILES string of the molecule is Cc1nnc(Cn2ccc3c(Cl)cccc32)n1C. The molecule has 0 radical (unpaired) electrons. The summed E-state index contributed by atoms with van der Waals surface area (Å²) in [6, 6.07) is 7.95. The third kappa shape index (κ3) is 1.69. The number of halogens is 1. The molecule has 2 aromatic heterocycles. The van der Waals surface area contributed by atoms with E-state index >= 15 is 0 Å². The zero-order chi connectivity index (χ0) is 12.7. The van der Waals surface area contributed by atoms with Crippen LogP contribution >= 0.6 is 11.6 Å². The van der Waals surface area contributed by atoms with Gasteiger partial charge in [-0.1, -0.05) is 17.7 Å². The predicted octanol–water partition coefficient (Wildman–Crippen LogP) is 2.78. The maximum atomic E-state index is 6.16. The minimum Gasteiger partial charge on any atom is -0.340 e. The topological polar surface area (TPSA) is 35.6 Å². The van der Waals surface area contributed by atoms with Crippen molar-refractivity contribution in [3.05, 3.63) is 47.1 Å². The fraction of sp³-hybridized carbons (Fsp3) is 0.231. The van der Waals surface area contributed by atoms with Crippen LogP contribution in [0.2, 0.25) is 5.02 Å². The highest BCUT2D eigenvalue weighted by Gasteiger charge is 2.08. The number of fused-ring (bicyclic) bond motifs is 1. The molecule has 0 aliphatic heterocycles. The average molecular weight is 261 g/mol. The van der Waals surface area contributed by atoms with Crippen LogP contribution in [-0.4, -0.2) is 19.3 Å². The van der Waals surface area contributed by atoms with E-state index in [0.29, 0.717) is 6.54 Å². The van der Waals surface area contributed by atoms with Crippen molar-refractivity contribution in [3.63, 3.8) is 0 Å². The maximum Gasteiger partial charge on any atom is 0.152 e. The van der Waals surface area contributed by atoms with Crippen molar-refractivity contribution in [2.45, 2.75) is 13.5 Å². The van der Waals surface area contributed by atoms with Gasteiger partial charge in [0.2, 0.25) is 0 Å². The molecule has 18 heavy (non-hydrogen) atoms. The summed E-state index contributed by atoms with van der Waals surface area (Å²) in [5.74, 6) is 1.85. The van der Waals surface area contributed by atoms with E-state index in [4.69, 9.17) is 11.6 Å². The zero-order valence-electron chi connectivity index (χ0n) is 10.3. The van der Waals surface area contributed by atoms with Crippen LogP contribution in [0.1, 0.15) is 11.6 Å². The van der Waals surface area contributed by atoms with E-state index in [2.05, 4.69) is 20.8 Å². The summed E-state index contributed by atoms with van der Waals surface area (Å²) in [6.45, 7) is 2.64. The van der Waals surface area contributed by atoms with E-state index in [1.54, 1.807) is 0 Å². The molecule has 4 nitrogen and oxygen atoms in total. The summed E-state index contributed by atoms with van der Waals surface area (Å²) < 4.78 is 4.13. The van der Waals surface area contributed by atoms with Crippen LogP contribution in [0.4, 0.5) is 0 Å². The lowest BCUT2D eigenvalue weighted by Crippen LogP contribution is -2.05. The van der Waals surface area contributed by atoms with Gasteiger partial charge in [0.25, 0.3) is 0 Å². The lowest BCUT2D eigenvalue weighted by Gasteiger charge is -2.05. The first-order chi connectivity index (χ1) is 8.66. The van der Waals surface area contributed by atoms with Crippen molar-refractivity contribution in [3.8, 4) is 0 Å². The van der Waals surface area contributed by atoms with Crippen molar-refractivity contribution in [2.75, 3.05) is 0 Å². The van der Waals surface area contributed by atoms with Crippen LogP contribution in [-0.2, 0) is 13.6 Å². The minimum atomic E-state index is 0.696. The van der Waals surface area contributed by atoms with Gasteiger partial charge < -0.3 is 9.13 Å². The minimum absolute atomic E-state index is 0.696. The molecule has 92 valence electrons. The highest BCUT2D eigenvalue weighted by atomic mass is 35.5. The number of aryl methyl sites for hydroxylation is 1. The molecule has 5 heteroatoms. The summed E-state index contributed by atoms with van der Waals surface area (Å²) in [6.07, 6.45) is 2.03. The molecule has 3 aromatic rings. The number of hydrogen-bond donors (Lipinski definition) is 0. The number of rotatable bonds is 2. The first-order valence-corrected chi connectivity index (χ1v) is 6.13. The molecule has 0 fully saturated rings. The first kappa shape index (κ1) is 11.3. The number of hydrogen-bond acceptors (Lipinski definition) is 2. The third-order valence-corrected chi connectivity index (χ3v) is 3.58. The second-order valence-corrected chi connectivity index (χ2v) is 4.75. The average Bonchev–Trinajstić information content (AvgIpc) is 2.90. The molecular weight excluding hydrogens is 248 g/mol. The van der Waals surface area contributed by atoms with Gasteiger partial charge in [0.15, 0.2) is 5.82 Å². The highest BCUT2D eigenvalue weighted by molar-refractivity contribution is 6.35. The van der Waals surface area contributed by atoms with Gasteiger partial charge in [0.05, 0.1) is 6.54 Å². The lowest BCUT2D eigenvalue weighted by atomic mass is 10.2. The maximum absolute atomic E-state index is 6.16. The Morgan fingerprint density at radius 2 is 2.06 bits per heavy atom. The Hall–Kier alpha value is -1.81. The summed E-state index contributed by atoms with van der Waals surface area (Å²) >= 11 is 6.16. The van der Waals surface area contributed by atoms with Crippen molar-refractivity contribution in [2.24, 2.45) is 7.05 Å². The number of nitrogens with zero attached hydrogens (tertiary/aromatic N) is 4. The first-order valence-electron chi connectivity index (χ1n) is 5.75. The molecule has 0 aliphatic rings. The van der Waals surface area contributed by atoms with E-state index < -0.39 is 0 Å². The lowest BCUT2D eigenvalue weighted by molar-refractivity contribution is 0.708. The fourth-order valence-corrected chi connectivity index (χ4v) is 2.30. The molecule has 1 aromatic carbocycles. The highest BCUT2D eigenvalue weighted by Crippen LogP contribution is 2.24. The van der Waals surface area contributed by atoms with E-state index in [-0.39, 0.29) is 0 Å². The number of aromatic nitrogens is 4. The van der Waals surface area contributed by atoms with Gasteiger partial charge in [0.1, 0.15) is 5.82 Å². The zero-order valence-corrected chi connectivity index (χ0v) is 11.0. The molecule has 0 atom stereocenters. The van der Waals surface area contributed by atoms with Crippen molar-refractivity contribution in [1.29, 1.82) is 0 Å². The molecule has 0 spiro atoms. The van der Waals surface area contributed by atoms with Crippen LogP contribution in [0.15, 0.2) is 30.5 Å². The monoisotopic (exact) mass is 260 g/mol. The Bertz CT molecular complexity index is 711. The van der Waals surface area contributed by atoms with Crippen LogP contribution in [0, 0.1) is 6.92 Å². The molecule has 2 heterocycles. The Morgan fingerprint density at radius 3 is 2.78 bits per heavy atom. The summed E-state index contributed by atoms with van der Waals surface area (Å²) in [7, 11) is 1.98. The molecule has 0 aliphatic carbocycles. The van der Waals surface area contributed by atoms with Crippen molar-refractivity contribution >= 4 is 22.5 Å². The van der Waals surface area contributed by atoms with Crippen LogP contribution in [0.25, 0.3) is 10.9 Å². The van der Waals surface area contributed by atoms with Crippen molar-refractivity contribution < 1.29 is 0 Å². The second kappa shape index (κ2) is 4.14. The fourth-order valence-electron chi connectivity index (χ4n) is 2.06. The molecule has 0 bridgehead atoms. The van der Waals surface area contributed by atoms with Gasteiger partial charge in [-0.05, 0) is 25.1 Å². The molecular formula is C13H13ClN4. The standard InChI is InChI=1S/C13H13ClN4/c1-9-15-16-13(17(9)2)8-18-7-6-10-11(14)4-3-5-12(10)18/h3-7H,8H2,1-2H3. The van der Waals surface area contributed by atoms with Crippen LogP contribution in [0.5, 0.6) is 0 Å². The quantitative estimate of drug-likeness (QED) is 0.710. The summed E-state index contributed by atoms with van der Waals surface area (Å²) in [5, 5.41) is 10.1. The van der Waals surface area contributed by atoms with Crippen molar-refractivity contribution in [1.82, 2.24) is 19.3 Å². The Morgan fingerprint density at radius 1 is 1.22 bits per heavy atom. The Labute approximate surface area is 110 Å². The second-order valence-electron chi connectivity index (χ2n) is 4.34. The van der Waals surface area contributed by atoms with Gasteiger partial charge in [0, 0.05) is 29.2 Å². The summed E-state index contributed by atoms with van der Waals surface area (Å²) in [5.41, 5.74) is 1.11. The molecule has 0 unspecified atom stereocenters. The van der Waals surface area contributed by atoms with E-state index in [1.807, 2.05) is 42.9 Å². The molecule has 0 N–H and O–H groups in total. The van der Waals surface area contributed by atoms with Gasteiger partial charge in [-0.25, -0.2) is 0 Å². The summed E-state index contributed by atoms with van der Waals surface area (Å²) in [4.78, 5) is 0. The molecule has 3 rings (SSSR count). The van der Waals surface area contributed by atoms with Gasteiger partial charge >= 0.3 is 0 Å². The van der Waals surface area contributed by atoms with Gasteiger partial charge in [-0.15, -0.1) is 10.2 Å². The van der Waals surface area contributed by atoms with Gasteiger partial charge in [-0.2, -0.15) is 0 Å². The molecule has 0 amide bonds. The number of benzene rings is 1. The van der Waals surface area contributed by atoms with Gasteiger partial charge in [-0.3, -0.25) is 0 Å². The van der Waals surface area contributed by atoms with E-state index in [1.165, 1.54) is 0 Å². The molecule has 0 saturated heterocycles. The largest absolute Gasteiger partial charge is 0.340 e. The Kier molecular flexibility index (Phi) is 2.59. The van der Waals surface area contributed by atoms with Crippen LogP contribution in [0.3, 0.4) is 0 Å². The predicted molar refractivity (Wildman–Crippen MR) is 71.8 cm³/mol. The smallest absolute Gasteiger partial charge is 0.152 e. The van der Waals surface area contributed by atoms with Crippen LogP contribution < -0.4 is 0 Å². The van der Waals surface area contributed by atoms with E-state index in [0.717, 1.165) is 27.6 Å². The third-order valence-electron chi connectivity index (χ3n) is 3.25. The Balaban J connectivity index is 2.06.